The van der Waals surface area contributed by atoms with E-state index in [1.807, 2.05) is 11.8 Å². The molecule has 86 valence electrons. The quantitative estimate of drug-likeness (QED) is 0.716. The van der Waals surface area contributed by atoms with Gasteiger partial charge in [0.2, 0.25) is 5.91 Å². The third kappa shape index (κ3) is 2.86. The summed E-state index contributed by atoms with van der Waals surface area (Å²) in [6.45, 7) is 0.939. The first-order chi connectivity index (χ1) is 7.29. The monoisotopic (exact) mass is 230 g/mol. The van der Waals surface area contributed by atoms with Gasteiger partial charge in [0.25, 0.3) is 0 Å². The fourth-order valence-corrected chi connectivity index (χ4v) is 2.85. The van der Waals surface area contributed by atoms with Gasteiger partial charge in [-0.1, -0.05) is 0 Å². The molecule has 0 spiro atoms. The van der Waals surface area contributed by atoms with E-state index in [2.05, 4.69) is 10.6 Å². The Labute approximate surface area is 94.5 Å². The predicted octanol–water partition coefficient (Wildman–Crippen LogP) is -0.0150. The standard InChI is InChI=1S/C10H18N2O2S/c1-14-8-4-7(5-8)12-10(13)9-6-15-3-2-11-9/h7-9,11H,2-6H2,1H3,(H,12,13). The van der Waals surface area contributed by atoms with Crippen LogP contribution in [0.2, 0.25) is 0 Å². The first-order valence-electron chi connectivity index (χ1n) is 5.44. The molecule has 0 radical (unpaired) electrons. The Kier molecular flexibility index (Phi) is 3.88. The lowest BCUT2D eigenvalue weighted by Gasteiger charge is -2.36. The lowest BCUT2D eigenvalue weighted by atomic mass is 9.89. The highest BCUT2D eigenvalue weighted by Gasteiger charge is 2.32. The van der Waals surface area contributed by atoms with Crippen molar-refractivity contribution in [2.45, 2.75) is 31.0 Å². The van der Waals surface area contributed by atoms with E-state index in [9.17, 15) is 4.79 Å². The molecule has 15 heavy (non-hydrogen) atoms. The second-order valence-electron chi connectivity index (χ2n) is 4.12. The van der Waals surface area contributed by atoms with Crippen molar-refractivity contribution in [3.05, 3.63) is 0 Å². The number of nitrogens with one attached hydrogen (secondary N) is 2. The van der Waals surface area contributed by atoms with Crippen LogP contribution in [0.3, 0.4) is 0 Å². The Bertz CT molecular complexity index is 225. The number of carbonyl (C=O) groups excluding carboxylic acids is 1. The van der Waals surface area contributed by atoms with E-state index in [1.54, 1.807) is 7.11 Å². The Morgan fingerprint density at radius 2 is 2.33 bits per heavy atom. The Morgan fingerprint density at radius 3 is 2.93 bits per heavy atom. The molecule has 0 aromatic carbocycles. The van der Waals surface area contributed by atoms with Crippen LogP contribution in [-0.2, 0) is 9.53 Å². The van der Waals surface area contributed by atoms with Crippen LogP contribution in [-0.4, -0.2) is 49.3 Å². The Hall–Kier alpha value is -0.260. The highest BCUT2D eigenvalue weighted by atomic mass is 32.2. The van der Waals surface area contributed by atoms with Crippen molar-refractivity contribution < 1.29 is 9.53 Å². The molecule has 5 heteroatoms. The number of hydrogen-bond donors (Lipinski definition) is 2. The largest absolute Gasteiger partial charge is 0.381 e. The molecule has 1 unspecified atom stereocenters. The molecule has 1 atom stereocenters. The molecule has 1 aliphatic heterocycles. The normalized spacial score (nSPS) is 35.7. The second-order valence-corrected chi connectivity index (χ2v) is 5.27. The van der Waals surface area contributed by atoms with Gasteiger partial charge in [-0.25, -0.2) is 0 Å². The van der Waals surface area contributed by atoms with Crippen molar-refractivity contribution in [1.82, 2.24) is 10.6 Å². The van der Waals surface area contributed by atoms with Gasteiger partial charge in [-0.3, -0.25) is 4.79 Å². The van der Waals surface area contributed by atoms with Crippen LogP contribution < -0.4 is 10.6 Å². The summed E-state index contributed by atoms with van der Waals surface area (Å²) in [5.74, 6) is 2.16. The average Bonchev–Trinajstić information content (AvgIpc) is 2.23. The molecule has 1 heterocycles. The van der Waals surface area contributed by atoms with Crippen molar-refractivity contribution in [1.29, 1.82) is 0 Å². The van der Waals surface area contributed by atoms with E-state index in [1.165, 1.54) is 0 Å². The summed E-state index contributed by atoms with van der Waals surface area (Å²) in [7, 11) is 1.72. The van der Waals surface area contributed by atoms with Crippen molar-refractivity contribution in [3.63, 3.8) is 0 Å². The second kappa shape index (κ2) is 5.18. The molecule has 1 aliphatic carbocycles. The van der Waals surface area contributed by atoms with Gasteiger partial charge >= 0.3 is 0 Å². The maximum atomic E-state index is 11.8. The van der Waals surface area contributed by atoms with Crippen molar-refractivity contribution in [3.8, 4) is 0 Å². The molecular formula is C10H18N2O2S. The maximum absolute atomic E-state index is 11.8. The number of carbonyl (C=O) groups is 1. The van der Waals surface area contributed by atoms with Gasteiger partial charge in [0, 0.05) is 31.2 Å². The summed E-state index contributed by atoms with van der Waals surface area (Å²) >= 11 is 1.84. The first kappa shape index (κ1) is 11.2. The minimum Gasteiger partial charge on any atom is -0.381 e. The molecule has 1 saturated carbocycles. The van der Waals surface area contributed by atoms with Crippen LogP contribution in [0, 0.1) is 0 Å². The first-order valence-corrected chi connectivity index (χ1v) is 6.59. The lowest BCUT2D eigenvalue weighted by Crippen LogP contribution is -2.55. The van der Waals surface area contributed by atoms with E-state index in [-0.39, 0.29) is 11.9 Å². The molecule has 2 aliphatic rings. The molecule has 1 amide bonds. The molecule has 0 aromatic heterocycles. The number of rotatable bonds is 3. The predicted molar refractivity (Wildman–Crippen MR) is 61.1 cm³/mol. The maximum Gasteiger partial charge on any atom is 0.238 e. The van der Waals surface area contributed by atoms with Gasteiger partial charge in [-0.15, -0.1) is 0 Å². The minimum absolute atomic E-state index is 0.00495. The van der Waals surface area contributed by atoms with Gasteiger partial charge in [0.15, 0.2) is 0 Å². The molecule has 0 aromatic rings. The zero-order chi connectivity index (χ0) is 10.7. The lowest BCUT2D eigenvalue weighted by molar-refractivity contribution is -0.125. The molecule has 4 nitrogen and oxygen atoms in total. The van der Waals surface area contributed by atoms with E-state index >= 15 is 0 Å². The van der Waals surface area contributed by atoms with E-state index in [4.69, 9.17) is 4.74 Å². The molecular weight excluding hydrogens is 212 g/mol. The van der Waals surface area contributed by atoms with Crippen LogP contribution in [0.15, 0.2) is 0 Å². The molecule has 2 rings (SSSR count). The summed E-state index contributed by atoms with van der Waals surface area (Å²) in [5.41, 5.74) is 0. The molecule has 0 bridgehead atoms. The van der Waals surface area contributed by atoms with Crippen LogP contribution >= 0.6 is 11.8 Å². The highest BCUT2D eigenvalue weighted by molar-refractivity contribution is 7.99. The van der Waals surface area contributed by atoms with Crippen LogP contribution in [0.5, 0.6) is 0 Å². The number of amides is 1. The van der Waals surface area contributed by atoms with Crippen LogP contribution in [0.25, 0.3) is 0 Å². The summed E-state index contributed by atoms with van der Waals surface area (Å²) in [6.07, 6.45) is 2.27. The summed E-state index contributed by atoms with van der Waals surface area (Å²) < 4.78 is 5.17. The van der Waals surface area contributed by atoms with Crippen molar-refractivity contribution in [2.24, 2.45) is 0 Å². The fourth-order valence-electron chi connectivity index (χ4n) is 1.91. The van der Waals surface area contributed by atoms with Gasteiger partial charge in [0.1, 0.15) is 0 Å². The van der Waals surface area contributed by atoms with Gasteiger partial charge in [-0.05, 0) is 12.8 Å². The van der Waals surface area contributed by atoms with Crippen molar-refractivity contribution in [2.75, 3.05) is 25.2 Å². The summed E-state index contributed by atoms with van der Waals surface area (Å²) in [4.78, 5) is 11.8. The number of ether oxygens (including phenoxy) is 1. The number of thioether (sulfide) groups is 1. The average molecular weight is 230 g/mol. The third-order valence-electron chi connectivity index (χ3n) is 3.01. The third-order valence-corrected chi connectivity index (χ3v) is 4.07. The highest BCUT2D eigenvalue weighted by Crippen LogP contribution is 2.22. The molecule has 2 N–H and O–H groups in total. The van der Waals surface area contributed by atoms with Gasteiger partial charge in [0.05, 0.1) is 12.1 Å². The Morgan fingerprint density at radius 1 is 1.53 bits per heavy atom. The SMILES string of the molecule is COC1CC(NC(=O)C2CSCCN2)C1. The molecule has 1 saturated heterocycles. The van der Waals surface area contributed by atoms with E-state index in [0.29, 0.717) is 12.1 Å². The fraction of sp³-hybridized carbons (Fsp3) is 0.900. The minimum atomic E-state index is 0.00495. The van der Waals surface area contributed by atoms with Gasteiger partial charge in [-0.2, -0.15) is 11.8 Å². The zero-order valence-corrected chi connectivity index (χ0v) is 9.81. The van der Waals surface area contributed by atoms with Crippen LogP contribution in [0.4, 0.5) is 0 Å². The van der Waals surface area contributed by atoms with Crippen molar-refractivity contribution >= 4 is 17.7 Å². The van der Waals surface area contributed by atoms with Crippen LogP contribution in [0.1, 0.15) is 12.8 Å². The zero-order valence-electron chi connectivity index (χ0n) is 8.99. The van der Waals surface area contributed by atoms with E-state index < -0.39 is 0 Å². The number of methoxy groups -OCH3 is 1. The number of hydrogen-bond acceptors (Lipinski definition) is 4. The Balaban J connectivity index is 1.68. The topological polar surface area (TPSA) is 50.4 Å². The smallest absolute Gasteiger partial charge is 0.238 e. The summed E-state index contributed by atoms with van der Waals surface area (Å²) in [5, 5.41) is 6.29. The van der Waals surface area contributed by atoms with Gasteiger partial charge < -0.3 is 15.4 Å². The molecule has 2 fully saturated rings. The van der Waals surface area contributed by atoms with E-state index in [0.717, 1.165) is 30.9 Å². The summed E-state index contributed by atoms with van der Waals surface area (Å²) in [6, 6.07) is 0.335.